The highest BCUT2D eigenvalue weighted by atomic mass is 16.6. The van der Waals surface area contributed by atoms with Crippen molar-refractivity contribution in [2.24, 2.45) is 16.7 Å². The molecular weight excluding hydrogens is 803 g/mol. The van der Waals surface area contributed by atoms with Crippen molar-refractivity contribution in [3.05, 3.63) is 119 Å². The molecule has 0 radical (unpaired) electrons. The van der Waals surface area contributed by atoms with E-state index in [1.54, 1.807) is 92.7 Å². The molecule has 4 aliphatic rings. The van der Waals surface area contributed by atoms with Crippen molar-refractivity contribution in [2.45, 2.75) is 108 Å². The summed E-state index contributed by atoms with van der Waals surface area (Å²) in [5, 5.41) is 40.2. The predicted molar refractivity (Wildman–Crippen MR) is 218 cm³/mol. The zero-order valence-electron chi connectivity index (χ0n) is 35.2. The van der Waals surface area contributed by atoms with E-state index in [2.05, 4.69) is 5.32 Å². The minimum absolute atomic E-state index is 0.00289. The van der Waals surface area contributed by atoms with Crippen molar-refractivity contribution in [1.29, 1.82) is 0 Å². The van der Waals surface area contributed by atoms with Gasteiger partial charge in [-0.05, 0) is 54.8 Å². The fraction of sp³-hybridized carbons (Fsp3) is 0.447. The second kappa shape index (κ2) is 16.5. The summed E-state index contributed by atoms with van der Waals surface area (Å²) in [7, 11) is 0. The lowest BCUT2D eigenvalue weighted by molar-refractivity contribution is -0.346. The van der Waals surface area contributed by atoms with Crippen LogP contribution in [0.3, 0.4) is 0 Å². The maximum absolute atomic E-state index is 15.5. The van der Waals surface area contributed by atoms with Gasteiger partial charge in [-0.2, -0.15) is 0 Å². The van der Waals surface area contributed by atoms with E-state index >= 15 is 4.79 Å². The van der Waals surface area contributed by atoms with Crippen LogP contribution in [-0.2, 0) is 42.9 Å². The Bertz CT molecular complexity index is 2280. The summed E-state index contributed by atoms with van der Waals surface area (Å²) in [6.07, 6.45) is -10.5. The summed E-state index contributed by atoms with van der Waals surface area (Å²) in [6, 6.07) is 22.9. The van der Waals surface area contributed by atoms with Gasteiger partial charge < -0.3 is 44.3 Å². The third-order valence-corrected chi connectivity index (χ3v) is 13.5. The van der Waals surface area contributed by atoms with Gasteiger partial charge in [0, 0.05) is 37.7 Å². The Labute approximate surface area is 358 Å². The standard InChI is InChI=1S/C47H51NO14/c1-25-31(60-43(56)36(52)35(28-16-10-7-11-17-28)48-41(54)29-18-12-8-13-19-29)23-47(57)40(61-42(55)30-20-14-9-15-21-30)38-45(6,32(51)22-33-46(38,24-58-33)62-27(3)50)39(53)37(59-26(2)49)34(25)44(47,4)5/h7-21,31-33,35-38,40,51-52,57H,22-24H2,1-6H3,(H,48,54)/t31-,32-,33?,35-,36+,37+,38-,40-,45?,46-,47+/m0/s1. The minimum Gasteiger partial charge on any atom is -0.456 e. The lowest BCUT2D eigenvalue weighted by atomic mass is 9.44. The van der Waals surface area contributed by atoms with Crippen molar-refractivity contribution in [1.82, 2.24) is 5.32 Å². The summed E-state index contributed by atoms with van der Waals surface area (Å²) in [6.45, 7) is 7.97. The number of rotatable bonds is 10. The number of Topliss-reactive ketones (excluding diaryl/α,β-unsaturated/α-hetero) is 1. The number of hydrogen-bond acceptors (Lipinski definition) is 14. The Morgan fingerprint density at radius 1 is 0.823 bits per heavy atom. The molecule has 3 aromatic carbocycles. The first-order chi connectivity index (χ1) is 29.3. The topological polar surface area (TPSA) is 221 Å². The number of carbonyl (C=O) groups excluding carboxylic acids is 6. The van der Waals surface area contributed by atoms with Crippen LogP contribution in [0, 0.1) is 16.7 Å². The number of fused-ring (bicyclic) bond motifs is 5. The second-order valence-electron chi connectivity index (χ2n) is 17.4. The van der Waals surface area contributed by atoms with Crippen molar-refractivity contribution in [3.8, 4) is 0 Å². The van der Waals surface area contributed by atoms with Gasteiger partial charge in [-0.3, -0.25) is 19.2 Å². The average molecular weight is 854 g/mol. The van der Waals surface area contributed by atoms with Gasteiger partial charge in [-0.25, -0.2) is 9.59 Å². The van der Waals surface area contributed by atoms with Crippen LogP contribution in [0.1, 0.15) is 86.7 Å². The number of aliphatic hydroxyl groups is 3. The van der Waals surface area contributed by atoms with Gasteiger partial charge in [0.25, 0.3) is 5.91 Å². The summed E-state index contributed by atoms with van der Waals surface area (Å²) in [5.41, 5.74) is -7.02. The van der Waals surface area contributed by atoms with E-state index in [0.717, 1.165) is 13.8 Å². The highest BCUT2D eigenvalue weighted by molar-refractivity contribution is 5.96. The van der Waals surface area contributed by atoms with Gasteiger partial charge in [0.1, 0.15) is 23.9 Å². The van der Waals surface area contributed by atoms with Crippen molar-refractivity contribution >= 4 is 35.6 Å². The molecular formula is C47H51NO14. The highest BCUT2D eigenvalue weighted by Gasteiger charge is 2.78. The third-order valence-electron chi connectivity index (χ3n) is 13.5. The van der Waals surface area contributed by atoms with Crippen LogP contribution in [0.5, 0.6) is 0 Å². The number of carbonyl (C=O) groups is 6. The Hall–Kier alpha value is -5.74. The number of aliphatic hydroxyl groups excluding tert-OH is 2. The van der Waals surface area contributed by atoms with E-state index < -0.39 is 113 Å². The van der Waals surface area contributed by atoms with Gasteiger partial charge in [0.05, 0.1) is 35.6 Å². The number of nitrogens with one attached hydrogen (secondary N) is 1. The molecule has 0 aromatic heterocycles. The van der Waals surface area contributed by atoms with Gasteiger partial charge in [-0.15, -0.1) is 0 Å². The van der Waals surface area contributed by atoms with Crippen LogP contribution in [-0.4, -0.2) is 105 Å². The molecule has 2 unspecified atom stereocenters. The Morgan fingerprint density at radius 3 is 1.95 bits per heavy atom. The van der Waals surface area contributed by atoms with Crippen molar-refractivity contribution in [2.75, 3.05) is 6.61 Å². The molecule has 1 amide bonds. The van der Waals surface area contributed by atoms with E-state index in [4.69, 9.17) is 23.7 Å². The third kappa shape index (κ3) is 7.29. The van der Waals surface area contributed by atoms with E-state index in [1.807, 2.05) is 0 Å². The molecule has 1 heterocycles. The van der Waals surface area contributed by atoms with Gasteiger partial charge >= 0.3 is 23.9 Å². The molecule has 3 aromatic rings. The summed E-state index contributed by atoms with van der Waals surface area (Å²) >= 11 is 0. The monoisotopic (exact) mass is 853 g/mol. The van der Waals surface area contributed by atoms with E-state index in [-0.39, 0.29) is 35.3 Å². The minimum atomic E-state index is -2.39. The van der Waals surface area contributed by atoms with Crippen LogP contribution in [0.15, 0.2) is 102 Å². The van der Waals surface area contributed by atoms with Crippen molar-refractivity contribution in [3.63, 3.8) is 0 Å². The maximum Gasteiger partial charge on any atom is 0.338 e. The molecule has 1 aliphatic heterocycles. The number of amides is 1. The Morgan fingerprint density at radius 2 is 1.40 bits per heavy atom. The smallest absolute Gasteiger partial charge is 0.338 e. The number of hydrogen-bond donors (Lipinski definition) is 4. The molecule has 1 saturated heterocycles. The molecule has 62 heavy (non-hydrogen) atoms. The molecule has 2 saturated carbocycles. The lowest BCUT2D eigenvalue weighted by Gasteiger charge is -2.67. The van der Waals surface area contributed by atoms with Crippen LogP contribution in [0.4, 0.5) is 0 Å². The van der Waals surface area contributed by atoms with Crippen molar-refractivity contribution < 1.29 is 67.8 Å². The van der Waals surface area contributed by atoms with E-state index in [1.165, 1.54) is 26.0 Å². The highest BCUT2D eigenvalue weighted by Crippen LogP contribution is 2.64. The van der Waals surface area contributed by atoms with Crippen LogP contribution in [0.2, 0.25) is 0 Å². The Balaban J connectivity index is 1.39. The summed E-state index contributed by atoms with van der Waals surface area (Å²) < 4.78 is 30.3. The van der Waals surface area contributed by atoms with Crippen LogP contribution in [0.25, 0.3) is 0 Å². The van der Waals surface area contributed by atoms with Crippen LogP contribution >= 0.6 is 0 Å². The molecule has 7 rings (SSSR count). The van der Waals surface area contributed by atoms with E-state index in [0.29, 0.717) is 5.56 Å². The normalized spacial score (nSPS) is 31.9. The molecule has 15 heteroatoms. The number of benzene rings is 3. The molecule has 4 N–H and O–H groups in total. The zero-order chi connectivity index (χ0) is 44.9. The first-order valence-electron chi connectivity index (χ1n) is 20.5. The number of esters is 4. The first-order valence-corrected chi connectivity index (χ1v) is 20.5. The lowest BCUT2D eigenvalue weighted by Crippen LogP contribution is -2.82. The summed E-state index contributed by atoms with van der Waals surface area (Å²) in [4.78, 5) is 83.5. The first kappa shape index (κ1) is 44.3. The average Bonchev–Trinajstić information content (AvgIpc) is 3.24. The van der Waals surface area contributed by atoms with Gasteiger partial charge in [-0.1, -0.05) is 80.6 Å². The molecule has 15 nitrogen and oxygen atoms in total. The molecule has 3 fully saturated rings. The maximum atomic E-state index is 15.5. The largest absolute Gasteiger partial charge is 0.456 e. The molecule has 3 aliphatic carbocycles. The Kier molecular flexibility index (Phi) is 11.8. The molecule has 0 spiro atoms. The van der Waals surface area contributed by atoms with Gasteiger partial charge in [0.2, 0.25) is 0 Å². The SMILES string of the molecule is CC(=O)O[C@H]1C(=O)C2(C)[C@@H](O)CC3OC[C@@]3(OC(C)=O)[C@H]2[C@H](OC(=O)c2ccccc2)[C@]2(O)C[C@H](OC(=O)[C@H](O)[C@@H](NC(=O)c3ccccc3)c3ccccc3)C(C)=C1C2(C)C. The molecule has 2 bridgehead atoms. The quantitative estimate of drug-likeness (QED) is 0.130. The second-order valence-corrected chi connectivity index (χ2v) is 17.4. The zero-order valence-corrected chi connectivity index (χ0v) is 35.2. The fourth-order valence-corrected chi connectivity index (χ4v) is 10.2. The van der Waals surface area contributed by atoms with E-state index in [9.17, 15) is 39.3 Å². The predicted octanol–water partition coefficient (Wildman–Crippen LogP) is 3.74. The molecule has 11 atom stereocenters. The number of ether oxygens (including phenoxy) is 5. The summed E-state index contributed by atoms with van der Waals surface area (Å²) in [5.74, 6) is -6.84. The van der Waals surface area contributed by atoms with Crippen LogP contribution < -0.4 is 5.32 Å². The van der Waals surface area contributed by atoms with Gasteiger partial charge in [0.15, 0.2) is 23.6 Å². The fourth-order valence-electron chi connectivity index (χ4n) is 10.2. The molecule has 328 valence electrons. The number of ketones is 1.